The van der Waals surface area contributed by atoms with Crippen LogP contribution in [0.1, 0.15) is 10.4 Å². The first kappa shape index (κ1) is 16.0. The third-order valence-corrected chi connectivity index (χ3v) is 4.02. The third kappa shape index (κ3) is 3.84. The lowest BCUT2D eigenvalue weighted by Gasteiger charge is -2.08. The average Bonchev–Trinajstić information content (AvgIpc) is 2.41. The maximum Gasteiger partial charge on any atom is 0.287 e. The Hall–Kier alpha value is -1.38. The normalized spacial score (nSPS) is 10.2. The van der Waals surface area contributed by atoms with Gasteiger partial charge in [-0.2, -0.15) is 0 Å². The monoisotopic (exact) mass is 436 g/mol. The molecule has 0 radical (unpaired) electrons. The first-order valence-electron chi connectivity index (χ1n) is 5.59. The third-order valence-electron chi connectivity index (χ3n) is 2.59. The number of hydrogen-bond donors (Lipinski definition) is 1. The summed E-state index contributed by atoms with van der Waals surface area (Å²) < 4.78 is 0.779. The highest BCUT2D eigenvalue weighted by atomic mass is 127. The standard InChI is InChI=1S/C13H7Cl2IN2O3/c14-8-2-3-11(10(16)6-8)17-13(19)7-1-4-12(18(20)21)9(15)5-7/h1-6H,(H,17,19). The quantitative estimate of drug-likeness (QED) is 0.428. The summed E-state index contributed by atoms with van der Waals surface area (Å²) in [7, 11) is 0. The second-order valence-electron chi connectivity index (χ2n) is 4.00. The summed E-state index contributed by atoms with van der Waals surface area (Å²) >= 11 is 13.7. The van der Waals surface area contributed by atoms with Crippen LogP contribution in [-0.2, 0) is 0 Å². The molecule has 2 aromatic rings. The van der Waals surface area contributed by atoms with Gasteiger partial charge in [0.1, 0.15) is 5.02 Å². The van der Waals surface area contributed by atoms with E-state index in [9.17, 15) is 14.9 Å². The number of nitrogens with one attached hydrogen (secondary N) is 1. The summed E-state index contributed by atoms with van der Waals surface area (Å²) in [6.45, 7) is 0. The van der Waals surface area contributed by atoms with Crippen LogP contribution in [0.4, 0.5) is 11.4 Å². The van der Waals surface area contributed by atoms with Gasteiger partial charge in [-0.1, -0.05) is 23.2 Å². The fraction of sp³-hybridized carbons (Fsp3) is 0. The van der Waals surface area contributed by atoms with E-state index in [-0.39, 0.29) is 16.3 Å². The summed E-state index contributed by atoms with van der Waals surface area (Å²) in [4.78, 5) is 22.2. The molecule has 5 nitrogen and oxygen atoms in total. The zero-order chi connectivity index (χ0) is 15.6. The Bertz CT molecular complexity index is 737. The van der Waals surface area contributed by atoms with E-state index in [1.807, 2.05) is 22.6 Å². The number of benzene rings is 2. The highest BCUT2D eigenvalue weighted by Gasteiger charge is 2.16. The minimum Gasteiger partial charge on any atom is -0.321 e. The lowest BCUT2D eigenvalue weighted by Crippen LogP contribution is -2.12. The van der Waals surface area contributed by atoms with Crippen LogP contribution in [0, 0.1) is 13.7 Å². The number of anilines is 1. The molecular weight excluding hydrogens is 430 g/mol. The van der Waals surface area contributed by atoms with Gasteiger partial charge in [0, 0.05) is 20.2 Å². The van der Waals surface area contributed by atoms with Crippen LogP contribution in [0.25, 0.3) is 0 Å². The lowest BCUT2D eigenvalue weighted by molar-refractivity contribution is -0.384. The number of halogens is 3. The van der Waals surface area contributed by atoms with Gasteiger partial charge in [-0.05, 0) is 52.9 Å². The molecular formula is C13H7Cl2IN2O3. The molecule has 0 saturated heterocycles. The molecule has 0 aliphatic carbocycles. The van der Waals surface area contributed by atoms with Crippen molar-refractivity contribution >= 4 is 63.1 Å². The molecule has 2 rings (SSSR count). The van der Waals surface area contributed by atoms with Crippen molar-refractivity contribution in [3.05, 3.63) is 65.7 Å². The minimum absolute atomic E-state index is 0.0848. The van der Waals surface area contributed by atoms with Crippen LogP contribution in [0.3, 0.4) is 0 Å². The second kappa shape index (κ2) is 6.59. The number of carbonyl (C=O) groups is 1. The van der Waals surface area contributed by atoms with Crippen molar-refractivity contribution in [2.24, 2.45) is 0 Å². The van der Waals surface area contributed by atoms with Gasteiger partial charge >= 0.3 is 0 Å². The summed E-state index contributed by atoms with van der Waals surface area (Å²) in [5.41, 5.74) is 0.588. The molecule has 108 valence electrons. The zero-order valence-electron chi connectivity index (χ0n) is 10.3. The van der Waals surface area contributed by atoms with Crippen molar-refractivity contribution in [3.63, 3.8) is 0 Å². The highest BCUT2D eigenvalue weighted by molar-refractivity contribution is 14.1. The van der Waals surface area contributed by atoms with Gasteiger partial charge in [0.2, 0.25) is 0 Å². The SMILES string of the molecule is O=C(Nc1ccc(Cl)cc1I)c1ccc([N+](=O)[O-])c(Cl)c1. The molecule has 0 fully saturated rings. The van der Waals surface area contributed by atoms with Crippen molar-refractivity contribution < 1.29 is 9.72 Å². The highest BCUT2D eigenvalue weighted by Crippen LogP contribution is 2.26. The summed E-state index contributed by atoms with van der Waals surface area (Å²) in [5.74, 6) is -0.410. The number of nitrogens with zero attached hydrogens (tertiary/aromatic N) is 1. The Labute approximate surface area is 143 Å². The lowest BCUT2D eigenvalue weighted by atomic mass is 10.2. The van der Waals surface area contributed by atoms with E-state index in [2.05, 4.69) is 5.32 Å². The molecule has 1 N–H and O–H groups in total. The van der Waals surface area contributed by atoms with E-state index in [1.54, 1.807) is 18.2 Å². The van der Waals surface area contributed by atoms with Crippen molar-refractivity contribution in [2.45, 2.75) is 0 Å². The van der Waals surface area contributed by atoms with Gasteiger partial charge in [0.25, 0.3) is 11.6 Å². The summed E-state index contributed by atoms with van der Waals surface area (Å²) in [6, 6.07) is 8.85. The average molecular weight is 437 g/mol. The summed E-state index contributed by atoms with van der Waals surface area (Å²) in [6.07, 6.45) is 0. The molecule has 0 atom stereocenters. The molecule has 0 saturated carbocycles. The number of nitro groups is 1. The number of carbonyl (C=O) groups excluding carboxylic acids is 1. The van der Waals surface area contributed by atoms with Gasteiger partial charge in [-0.3, -0.25) is 14.9 Å². The Morgan fingerprint density at radius 1 is 1.19 bits per heavy atom. The van der Waals surface area contributed by atoms with Crippen LogP contribution >= 0.6 is 45.8 Å². The van der Waals surface area contributed by atoms with E-state index >= 15 is 0 Å². The van der Waals surface area contributed by atoms with Gasteiger partial charge in [-0.25, -0.2) is 0 Å². The Morgan fingerprint density at radius 2 is 1.90 bits per heavy atom. The van der Waals surface area contributed by atoms with E-state index < -0.39 is 10.8 Å². The molecule has 0 aromatic heterocycles. The van der Waals surface area contributed by atoms with Crippen molar-refractivity contribution in [1.29, 1.82) is 0 Å². The molecule has 0 aliphatic rings. The molecule has 0 bridgehead atoms. The Morgan fingerprint density at radius 3 is 2.48 bits per heavy atom. The van der Waals surface area contributed by atoms with E-state index in [0.717, 1.165) is 3.57 Å². The summed E-state index contributed by atoms with van der Waals surface area (Å²) in [5, 5.41) is 13.9. The Balaban J connectivity index is 2.24. The molecule has 0 spiro atoms. The smallest absolute Gasteiger partial charge is 0.287 e. The largest absolute Gasteiger partial charge is 0.321 e. The van der Waals surface area contributed by atoms with E-state index in [1.165, 1.54) is 18.2 Å². The topological polar surface area (TPSA) is 72.2 Å². The Kier molecular flexibility index (Phi) is 5.02. The van der Waals surface area contributed by atoms with E-state index in [0.29, 0.717) is 10.7 Å². The van der Waals surface area contributed by atoms with Crippen LogP contribution < -0.4 is 5.32 Å². The molecule has 1 amide bonds. The van der Waals surface area contributed by atoms with Crippen LogP contribution in [-0.4, -0.2) is 10.8 Å². The second-order valence-corrected chi connectivity index (χ2v) is 6.01. The number of hydrogen-bond acceptors (Lipinski definition) is 3. The van der Waals surface area contributed by atoms with Crippen molar-refractivity contribution in [2.75, 3.05) is 5.32 Å². The fourth-order valence-corrected chi connectivity index (χ4v) is 2.84. The van der Waals surface area contributed by atoms with Crippen LogP contribution in [0.2, 0.25) is 10.0 Å². The molecule has 2 aromatic carbocycles. The molecule has 0 unspecified atom stereocenters. The maximum absolute atomic E-state index is 12.1. The molecule has 8 heteroatoms. The molecule has 0 heterocycles. The number of amides is 1. The van der Waals surface area contributed by atoms with Gasteiger partial charge < -0.3 is 5.32 Å². The number of rotatable bonds is 3. The van der Waals surface area contributed by atoms with Gasteiger partial charge in [0.15, 0.2) is 0 Å². The predicted octanol–water partition coefficient (Wildman–Crippen LogP) is 4.76. The minimum atomic E-state index is -0.605. The first-order chi connectivity index (χ1) is 9.88. The van der Waals surface area contributed by atoms with Crippen molar-refractivity contribution in [3.8, 4) is 0 Å². The molecule has 21 heavy (non-hydrogen) atoms. The van der Waals surface area contributed by atoms with Crippen LogP contribution in [0.15, 0.2) is 36.4 Å². The fourth-order valence-electron chi connectivity index (χ4n) is 1.58. The molecule has 0 aliphatic heterocycles. The van der Waals surface area contributed by atoms with Gasteiger partial charge in [0.05, 0.1) is 10.6 Å². The van der Waals surface area contributed by atoms with Crippen molar-refractivity contribution in [1.82, 2.24) is 0 Å². The zero-order valence-corrected chi connectivity index (χ0v) is 13.9. The predicted molar refractivity (Wildman–Crippen MR) is 90.2 cm³/mol. The van der Waals surface area contributed by atoms with Crippen LogP contribution in [0.5, 0.6) is 0 Å². The first-order valence-corrected chi connectivity index (χ1v) is 7.42. The van der Waals surface area contributed by atoms with E-state index in [4.69, 9.17) is 23.2 Å². The van der Waals surface area contributed by atoms with Gasteiger partial charge in [-0.15, -0.1) is 0 Å². The number of nitro benzene ring substituents is 1. The maximum atomic E-state index is 12.1.